The highest BCUT2D eigenvalue weighted by atomic mass is 32.2. The van der Waals surface area contributed by atoms with Crippen LogP contribution < -0.4 is 10.6 Å². The number of anilines is 1. The van der Waals surface area contributed by atoms with Gasteiger partial charge in [0.1, 0.15) is 0 Å². The van der Waals surface area contributed by atoms with Crippen LogP contribution in [-0.2, 0) is 6.42 Å². The second-order valence-corrected chi connectivity index (χ2v) is 5.23. The zero-order valence-corrected chi connectivity index (χ0v) is 10.7. The lowest BCUT2D eigenvalue weighted by atomic mass is 10.1. The number of thioether (sulfide) groups is 1. The molecule has 1 aromatic carbocycles. The molecule has 2 N–H and O–H groups in total. The first-order chi connectivity index (χ1) is 7.86. The molecule has 0 bridgehead atoms. The molecule has 0 aliphatic carbocycles. The normalized spacial score (nSPS) is 16.2. The van der Waals surface area contributed by atoms with E-state index in [0.29, 0.717) is 6.04 Å². The average molecular weight is 236 g/mol. The number of rotatable bonds is 5. The summed E-state index contributed by atoms with van der Waals surface area (Å²) in [6.07, 6.45) is 4.52. The second-order valence-electron chi connectivity index (χ2n) is 4.24. The van der Waals surface area contributed by atoms with Crippen LogP contribution in [0.4, 0.5) is 5.69 Å². The Morgan fingerprint density at radius 2 is 2.25 bits per heavy atom. The Morgan fingerprint density at radius 3 is 3.00 bits per heavy atom. The van der Waals surface area contributed by atoms with Crippen LogP contribution in [0.3, 0.4) is 0 Å². The average Bonchev–Trinajstić information content (AvgIpc) is 2.75. The van der Waals surface area contributed by atoms with Gasteiger partial charge in [-0.15, -0.1) is 0 Å². The number of hydrogen-bond acceptors (Lipinski definition) is 3. The predicted octanol–water partition coefficient (Wildman–Crippen LogP) is 2.13. The van der Waals surface area contributed by atoms with Crippen LogP contribution in [0.2, 0.25) is 0 Å². The van der Waals surface area contributed by atoms with Crippen molar-refractivity contribution in [3.05, 3.63) is 29.8 Å². The third-order valence-corrected chi connectivity index (χ3v) is 3.94. The van der Waals surface area contributed by atoms with Crippen LogP contribution in [0.15, 0.2) is 24.3 Å². The van der Waals surface area contributed by atoms with Crippen molar-refractivity contribution in [2.75, 3.05) is 30.0 Å². The zero-order chi connectivity index (χ0) is 11.4. The monoisotopic (exact) mass is 236 g/mol. The summed E-state index contributed by atoms with van der Waals surface area (Å²) in [5.41, 5.74) is 8.78. The van der Waals surface area contributed by atoms with E-state index >= 15 is 0 Å². The van der Waals surface area contributed by atoms with Gasteiger partial charge in [0.15, 0.2) is 0 Å². The molecular formula is C13H20N2S. The SMILES string of the molecule is CSCCC(CN)N1CCc2ccccc21. The van der Waals surface area contributed by atoms with Gasteiger partial charge in [0.25, 0.3) is 0 Å². The first-order valence-corrected chi connectivity index (χ1v) is 7.29. The maximum Gasteiger partial charge on any atom is 0.0420 e. The summed E-state index contributed by atoms with van der Waals surface area (Å²) in [5.74, 6) is 1.19. The fourth-order valence-corrected chi connectivity index (χ4v) is 2.91. The Labute approximate surface area is 102 Å². The van der Waals surface area contributed by atoms with Crippen LogP contribution in [0.5, 0.6) is 0 Å². The van der Waals surface area contributed by atoms with Crippen molar-refractivity contribution in [2.45, 2.75) is 18.9 Å². The molecule has 2 rings (SSSR count). The molecule has 1 atom stereocenters. The van der Waals surface area contributed by atoms with Gasteiger partial charge in [-0.1, -0.05) is 18.2 Å². The molecule has 0 radical (unpaired) electrons. The summed E-state index contributed by atoms with van der Waals surface area (Å²) in [5, 5.41) is 0. The molecule has 2 nitrogen and oxygen atoms in total. The molecule has 0 fully saturated rings. The van der Waals surface area contributed by atoms with Crippen molar-refractivity contribution in [2.24, 2.45) is 5.73 Å². The van der Waals surface area contributed by atoms with E-state index in [4.69, 9.17) is 5.73 Å². The quantitative estimate of drug-likeness (QED) is 0.849. The van der Waals surface area contributed by atoms with E-state index in [0.717, 1.165) is 13.1 Å². The third-order valence-electron chi connectivity index (χ3n) is 3.29. The number of nitrogens with two attached hydrogens (primary N) is 1. The molecule has 0 amide bonds. The van der Waals surface area contributed by atoms with Gasteiger partial charge in [-0.25, -0.2) is 0 Å². The highest BCUT2D eigenvalue weighted by molar-refractivity contribution is 7.98. The zero-order valence-electron chi connectivity index (χ0n) is 9.86. The molecule has 16 heavy (non-hydrogen) atoms. The molecule has 0 aromatic heterocycles. The summed E-state index contributed by atoms with van der Waals surface area (Å²) < 4.78 is 0. The number of nitrogens with zero attached hydrogens (tertiary/aromatic N) is 1. The molecule has 1 heterocycles. The largest absolute Gasteiger partial charge is 0.367 e. The van der Waals surface area contributed by atoms with Gasteiger partial charge in [0.2, 0.25) is 0 Å². The molecule has 0 saturated carbocycles. The van der Waals surface area contributed by atoms with E-state index in [9.17, 15) is 0 Å². The molecule has 1 aromatic rings. The molecule has 88 valence electrons. The lowest BCUT2D eigenvalue weighted by Crippen LogP contribution is -2.40. The predicted molar refractivity (Wildman–Crippen MR) is 73.3 cm³/mol. The lowest BCUT2D eigenvalue weighted by molar-refractivity contribution is 0.600. The van der Waals surface area contributed by atoms with E-state index in [1.165, 1.54) is 29.8 Å². The summed E-state index contributed by atoms with van der Waals surface area (Å²) in [4.78, 5) is 2.49. The van der Waals surface area contributed by atoms with E-state index in [1.807, 2.05) is 11.8 Å². The van der Waals surface area contributed by atoms with Crippen molar-refractivity contribution < 1.29 is 0 Å². The van der Waals surface area contributed by atoms with Crippen molar-refractivity contribution in [1.29, 1.82) is 0 Å². The Kier molecular flexibility index (Phi) is 4.13. The highest BCUT2D eigenvalue weighted by Crippen LogP contribution is 2.29. The highest BCUT2D eigenvalue weighted by Gasteiger charge is 2.24. The summed E-state index contributed by atoms with van der Waals surface area (Å²) >= 11 is 1.90. The number of benzene rings is 1. The van der Waals surface area contributed by atoms with Gasteiger partial charge in [0.05, 0.1) is 0 Å². The number of hydrogen-bond donors (Lipinski definition) is 1. The van der Waals surface area contributed by atoms with E-state index in [-0.39, 0.29) is 0 Å². The first kappa shape index (κ1) is 11.8. The summed E-state index contributed by atoms with van der Waals surface area (Å²) in [6, 6.07) is 9.22. The Morgan fingerprint density at radius 1 is 1.44 bits per heavy atom. The maximum absolute atomic E-state index is 5.90. The van der Waals surface area contributed by atoms with Crippen LogP contribution in [0, 0.1) is 0 Å². The van der Waals surface area contributed by atoms with Gasteiger partial charge in [0, 0.05) is 24.8 Å². The fourth-order valence-electron chi connectivity index (χ4n) is 2.40. The maximum atomic E-state index is 5.90. The van der Waals surface area contributed by atoms with E-state index < -0.39 is 0 Å². The Bertz CT molecular complexity index is 340. The van der Waals surface area contributed by atoms with Gasteiger partial charge >= 0.3 is 0 Å². The minimum Gasteiger partial charge on any atom is -0.367 e. The number of fused-ring (bicyclic) bond motifs is 1. The second kappa shape index (κ2) is 5.60. The lowest BCUT2D eigenvalue weighted by Gasteiger charge is -2.29. The first-order valence-electron chi connectivity index (χ1n) is 5.90. The Balaban J connectivity index is 2.10. The van der Waals surface area contributed by atoms with Gasteiger partial charge in [-0.3, -0.25) is 0 Å². The molecule has 0 spiro atoms. The smallest absolute Gasteiger partial charge is 0.0420 e. The van der Waals surface area contributed by atoms with Crippen LogP contribution in [0.25, 0.3) is 0 Å². The van der Waals surface area contributed by atoms with Gasteiger partial charge in [-0.05, 0) is 36.5 Å². The Hall–Kier alpha value is -0.670. The molecule has 1 unspecified atom stereocenters. The van der Waals surface area contributed by atoms with Crippen LogP contribution >= 0.6 is 11.8 Å². The van der Waals surface area contributed by atoms with Crippen molar-refractivity contribution in [3.8, 4) is 0 Å². The summed E-state index contributed by atoms with van der Waals surface area (Å²) in [7, 11) is 0. The molecule has 3 heteroatoms. The van der Waals surface area contributed by atoms with E-state index in [1.54, 1.807) is 0 Å². The van der Waals surface area contributed by atoms with Gasteiger partial charge in [-0.2, -0.15) is 11.8 Å². The molecule has 1 aliphatic rings. The van der Waals surface area contributed by atoms with Crippen molar-refractivity contribution in [3.63, 3.8) is 0 Å². The topological polar surface area (TPSA) is 29.3 Å². The third kappa shape index (κ3) is 2.36. The van der Waals surface area contributed by atoms with Crippen LogP contribution in [0.1, 0.15) is 12.0 Å². The number of para-hydroxylation sites is 1. The molecular weight excluding hydrogens is 216 g/mol. The standard InChI is InChI=1S/C13H20N2S/c1-16-9-7-12(10-14)15-8-6-11-4-2-3-5-13(11)15/h2-5,12H,6-10,14H2,1H3. The van der Waals surface area contributed by atoms with Crippen LogP contribution in [-0.4, -0.2) is 31.1 Å². The molecule has 1 aliphatic heterocycles. The van der Waals surface area contributed by atoms with Gasteiger partial charge < -0.3 is 10.6 Å². The summed E-state index contributed by atoms with van der Waals surface area (Å²) in [6.45, 7) is 1.89. The van der Waals surface area contributed by atoms with Crippen molar-refractivity contribution >= 4 is 17.4 Å². The molecule has 0 saturated heterocycles. The van der Waals surface area contributed by atoms with Crippen molar-refractivity contribution in [1.82, 2.24) is 0 Å². The fraction of sp³-hybridized carbons (Fsp3) is 0.538. The van der Waals surface area contributed by atoms with E-state index in [2.05, 4.69) is 35.4 Å². The minimum atomic E-state index is 0.510. The minimum absolute atomic E-state index is 0.510.